The summed E-state index contributed by atoms with van der Waals surface area (Å²) in [7, 11) is -0.792. The zero-order valence-electron chi connectivity index (χ0n) is 45.4. The molecule has 2 aromatic heterocycles. The normalized spacial score (nSPS) is 12.3. The Morgan fingerprint density at radius 3 is 1.19 bits per heavy atom. The first-order chi connectivity index (χ1) is 41.1. The Labute approximate surface area is 483 Å². The molecule has 0 amide bonds. The first-order valence-electron chi connectivity index (χ1n) is 28.7. The number of benzene rings is 14. The largest absolute Gasteiger partial charge is 0.455 e. The molecule has 1 aliphatic heterocycles. The molecular weight excluding hydrogens is 1020 g/mol. The molecule has 3 heteroatoms. The number of aromatic nitrogens is 1. The minimum atomic E-state index is -0.792. The van der Waals surface area contributed by atoms with Crippen LogP contribution in [0.2, 0.25) is 0 Å². The Kier molecular flexibility index (Phi) is 10.8. The molecule has 0 fully saturated rings. The predicted molar refractivity (Wildman–Crippen MR) is 354 cm³/mol. The number of hydrogen-bond acceptors (Lipinski definition) is 1. The van der Waals surface area contributed by atoms with E-state index in [1.165, 1.54) is 143 Å². The summed E-state index contributed by atoms with van der Waals surface area (Å²) >= 11 is 0. The molecule has 0 saturated carbocycles. The quantitative estimate of drug-likeness (QED) is 0.139. The summed E-state index contributed by atoms with van der Waals surface area (Å²) in [6.45, 7) is 0. The van der Waals surface area contributed by atoms with E-state index in [1.54, 1.807) is 0 Å². The molecule has 0 N–H and O–H groups in total. The SMILES string of the molecule is c1ccc2c(-c3ccc(-c4ccc(-c5ccc6c(c5)c5cc(-c7ccc(-c8ccc(-c9cccc%10ccccc9%10)cc8)cc7)ccc5n6-c5ccc6c(c5)[SiH2]c5cc(-c7cccc8c7oc7ccccc78)ccc5-6)cc4)cc3)cccc2c1. The van der Waals surface area contributed by atoms with Crippen LogP contribution in [0.25, 0.3) is 160 Å². The number of furan rings is 1. The molecule has 17 rings (SSSR count). The van der Waals surface area contributed by atoms with Gasteiger partial charge in [-0.15, -0.1) is 0 Å². The molecule has 0 spiro atoms. The molecular formula is C80H51NOSi. The maximum absolute atomic E-state index is 6.51. The third-order valence-electron chi connectivity index (χ3n) is 17.7. The third-order valence-corrected chi connectivity index (χ3v) is 19.6. The van der Waals surface area contributed by atoms with Crippen molar-refractivity contribution in [3.63, 3.8) is 0 Å². The van der Waals surface area contributed by atoms with Crippen LogP contribution in [-0.2, 0) is 0 Å². The molecule has 83 heavy (non-hydrogen) atoms. The van der Waals surface area contributed by atoms with Gasteiger partial charge in [-0.3, -0.25) is 0 Å². The average molecular weight is 1070 g/mol. The summed E-state index contributed by atoms with van der Waals surface area (Å²) < 4.78 is 9.01. The summed E-state index contributed by atoms with van der Waals surface area (Å²) in [5.74, 6) is 0. The number of hydrogen-bond donors (Lipinski definition) is 0. The fourth-order valence-corrected chi connectivity index (χ4v) is 15.5. The smallest absolute Gasteiger partial charge is 0.143 e. The molecule has 0 saturated heterocycles. The van der Waals surface area contributed by atoms with Gasteiger partial charge in [0.1, 0.15) is 11.2 Å². The molecule has 0 aliphatic carbocycles. The van der Waals surface area contributed by atoms with Crippen molar-refractivity contribution in [3.8, 4) is 94.7 Å². The fourth-order valence-electron chi connectivity index (χ4n) is 13.5. The van der Waals surface area contributed by atoms with Crippen molar-refractivity contribution < 1.29 is 4.42 Å². The minimum absolute atomic E-state index is 0.792. The predicted octanol–water partition coefficient (Wildman–Crippen LogP) is 19.8. The van der Waals surface area contributed by atoms with E-state index in [-0.39, 0.29) is 0 Å². The second-order valence-electron chi connectivity index (χ2n) is 22.3. The zero-order chi connectivity index (χ0) is 54.5. The Morgan fingerprint density at radius 2 is 0.639 bits per heavy atom. The van der Waals surface area contributed by atoms with E-state index in [0.29, 0.717) is 0 Å². The van der Waals surface area contributed by atoms with Gasteiger partial charge in [-0.1, -0.05) is 265 Å². The lowest BCUT2D eigenvalue weighted by atomic mass is 9.95. The molecule has 14 aromatic carbocycles. The van der Waals surface area contributed by atoms with Gasteiger partial charge in [-0.25, -0.2) is 0 Å². The van der Waals surface area contributed by atoms with E-state index in [9.17, 15) is 0 Å². The molecule has 0 bridgehead atoms. The first kappa shape index (κ1) is 47.2. The van der Waals surface area contributed by atoms with Gasteiger partial charge in [-0.2, -0.15) is 0 Å². The highest BCUT2D eigenvalue weighted by Gasteiger charge is 2.23. The molecule has 0 unspecified atom stereocenters. The first-order valence-corrected chi connectivity index (χ1v) is 30.2. The van der Waals surface area contributed by atoms with Crippen LogP contribution >= 0.6 is 0 Å². The molecule has 0 radical (unpaired) electrons. The fraction of sp³-hybridized carbons (Fsp3) is 0. The van der Waals surface area contributed by atoms with Gasteiger partial charge in [0, 0.05) is 32.8 Å². The lowest BCUT2D eigenvalue weighted by Gasteiger charge is -2.12. The Balaban J connectivity index is 0.719. The van der Waals surface area contributed by atoms with E-state index >= 15 is 0 Å². The van der Waals surface area contributed by atoms with Crippen molar-refractivity contribution in [3.05, 3.63) is 297 Å². The van der Waals surface area contributed by atoms with Gasteiger partial charge in [0.25, 0.3) is 0 Å². The Bertz CT molecular complexity index is 5020. The second kappa shape index (κ2) is 19.0. The van der Waals surface area contributed by atoms with E-state index in [1.807, 2.05) is 6.07 Å². The summed E-state index contributed by atoms with van der Waals surface area (Å²) in [6.07, 6.45) is 0. The molecule has 3 heterocycles. The van der Waals surface area contributed by atoms with Crippen LogP contribution in [0.15, 0.2) is 302 Å². The van der Waals surface area contributed by atoms with Gasteiger partial charge < -0.3 is 8.98 Å². The summed E-state index contributed by atoms with van der Waals surface area (Å²) in [4.78, 5) is 0. The Hall–Kier alpha value is -10.6. The number of fused-ring (bicyclic) bond motifs is 11. The van der Waals surface area contributed by atoms with Crippen LogP contribution in [0.4, 0.5) is 0 Å². The van der Waals surface area contributed by atoms with Crippen molar-refractivity contribution in [2.45, 2.75) is 0 Å². The summed E-state index contributed by atoms with van der Waals surface area (Å²) in [5.41, 5.74) is 25.1. The lowest BCUT2D eigenvalue weighted by molar-refractivity contribution is 0.670. The van der Waals surface area contributed by atoms with Crippen LogP contribution in [0.1, 0.15) is 0 Å². The Morgan fingerprint density at radius 1 is 0.241 bits per heavy atom. The number of nitrogens with zero attached hydrogens (tertiary/aromatic N) is 1. The molecule has 0 atom stereocenters. The molecule has 386 valence electrons. The van der Waals surface area contributed by atoms with Crippen LogP contribution in [-0.4, -0.2) is 14.1 Å². The monoisotopic (exact) mass is 1070 g/mol. The molecule has 1 aliphatic rings. The highest BCUT2D eigenvalue weighted by molar-refractivity contribution is 6.73. The van der Waals surface area contributed by atoms with Crippen molar-refractivity contribution in [1.82, 2.24) is 4.57 Å². The maximum atomic E-state index is 6.51. The molecule has 16 aromatic rings. The highest BCUT2D eigenvalue weighted by Crippen LogP contribution is 2.41. The van der Waals surface area contributed by atoms with Gasteiger partial charge in [0.15, 0.2) is 0 Å². The summed E-state index contributed by atoms with van der Waals surface area (Å²) in [5, 5.41) is 12.8. The lowest BCUT2D eigenvalue weighted by Crippen LogP contribution is -2.21. The van der Waals surface area contributed by atoms with E-state index < -0.39 is 9.52 Å². The van der Waals surface area contributed by atoms with E-state index in [4.69, 9.17) is 4.42 Å². The molecule has 2 nitrogen and oxygen atoms in total. The van der Waals surface area contributed by atoms with Crippen molar-refractivity contribution >= 4 is 85.2 Å². The van der Waals surface area contributed by atoms with E-state index in [2.05, 4.69) is 296 Å². The van der Waals surface area contributed by atoms with Gasteiger partial charge in [0.05, 0.1) is 20.6 Å². The van der Waals surface area contributed by atoms with Crippen molar-refractivity contribution in [2.75, 3.05) is 0 Å². The number of para-hydroxylation sites is 2. The minimum Gasteiger partial charge on any atom is -0.455 e. The maximum Gasteiger partial charge on any atom is 0.143 e. The van der Waals surface area contributed by atoms with Gasteiger partial charge in [-0.05, 0) is 147 Å². The summed E-state index contributed by atoms with van der Waals surface area (Å²) in [6, 6.07) is 110. The van der Waals surface area contributed by atoms with E-state index in [0.717, 1.165) is 27.5 Å². The van der Waals surface area contributed by atoms with Crippen LogP contribution in [0.5, 0.6) is 0 Å². The van der Waals surface area contributed by atoms with Crippen LogP contribution in [0.3, 0.4) is 0 Å². The second-order valence-corrected chi connectivity index (χ2v) is 24.2. The standard InChI is InChI=1S/C80H51NOSi/c1-3-14-64-56(10-1)12-7-17-66(64)58-34-30-52(31-35-58)50-22-26-54(27-23-50)60-39-44-75-73(46-60)74-47-61(55-28-24-51(25-29-55)53-32-36-59(37-33-53)67-18-8-13-57-11-2-4-15-65(57)67)40-45-76(74)81(75)63-41-43-71-70-42-38-62(48-78(70)83-79(71)49-63)68-19-9-20-72-69-16-5-6-21-77(69)82-80(68)72/h1-49H,83H2. The van der Waals surface area contributed by atoms with Crippen molar-refractivity contribution in [1.29, 1.82) is 0 Å². The topological polar surface area (TPSA) is 18.1 Å². The zero-order valence-corrected chi connectivity index (χ0v) is 46.8. The van der Waals surface area contributed by atoms with Crippen LogP contribution in [0, 0.1) is 0 Å². The third kappa shape index (κ3) is 7.92. The number of rotatable bonds is 8. The van der Waals surface area contributed by atoms with Gasteiger partial charge in [0.2, 0.25) is 0 Å². The van der Waals surface area contributed by atoms with Crippen molar-refractivity contribution in [2.24, 2.45) is 0 Å². The van der Waals surface area contributed by atoms with Gasteiger partial charge >= 0.3 is 0 Å². The average Bonchev–Trinajstić information content (AvgIpc) is 4.45. The highest BCUT2D eigenvalue weighted by atomic mass is 28.2. The van der Waals surface area contributed by atoms with Crippen LogP contribution < -0.4 is 10.4 Å².